The third-order valence-electron chi connectivity index (χ3n) is 5.36. The lowest BCUT2D eigenvalue weighted by molar-refractivity contribution is -0.123. The Morgan fingerprint density at radius 2 is 1.77 bits per heavy atom. The van der Waals surface area contributed by atoms with E-state index in [2.05, 4.69) is 10.2 Å². The van der Waals surface area contributed by atoms with E-state index < -0.39 is 0 Å². The molecular weight excluding hydrogens is 380 g/mol. The van der Waals surface area contributed by atoms with E-state index in [-0.39, 0.29) is 30.2 Å². The number of anilines is 1. The molecule has 1 aliphatic rings. The Morgan fingerprint density at radius 3 is 2.43 bits per heavy atom. The zero-order valence-electron chi connectivity index (χ0n) is 17.2. The van der Waals surface area contributed by atoms with Crippen LogP contribution in [0.15, 0.2) is 54.6 Å². The van der Waals surface area contributed by atoms with E-state index in [1.54, 1.807) is 31.3 Å². The Morgan fingerprint density at radius 1 is 1.07 bits per heavy atom. The average molecular weight is 409 g/mol. The molecule has 0 radical (unpaired) electrons. The van der Waals surface area contributed by atoms with Crippen LogP contribution >= 0.6 is 0 Å². The number of nitrogens with two attached hydrogens (primary N) is 1. The second-order valence-corrected chi connectivity index (χ2v) is 7.73. The maximum Gasteiger partial charge on any atom is 0.254 e. The maximum atomic E-state index is 12.4. The zero-order valence-corrected chi connectivity index (χ0v) is 17.2. The number of rotatable bonds is 7. The van der Waals surface area contributed by atoms with Crippen LogP contribution in [-0.2, 0) is 16.1 Å². The Bertz CT molecular complexity index is 892. The van der Waals surface area contributed by atoms with Crippen LogP contribution in [0.2, 0.25) is 0 Å². The molecular formula is C23H28N4O3. The topological polar surface area (TPSA) is 95.7 Å². The Hall–Kier alpha value is -3.19. The number of nitrogens with zero attached hydrogens (tertiary/aromatic N) is 2. The third-order valence-corrected chi connectivity index (χ3v) is 5.36. The molecule has 1 heterocycles. The summed E-state index contributed by atoms with van der Waals surface area (Å²) in [5.74, 6) is -0.683. The van der Waals surface area contributed by atoms with Gasteiger partial charge in [-0.1, -0.05) is 30.3 Å². The van der Waals surface area contributed by atoms with E-state index in [1.165, 1.54) is 4.90 Å². The molecule has 2 aromatic carbocycles. The lowest BCUT2D eigenvalue weighted by atomic mass is 9.96. The smallest absolute Gasteiger partial charge is 0.254 e. The van der Waals surface area contributed by atoms with Crippen molar-refractivity contribution >= 4 is 23.4 Å². The highest BCUT2D eigenvalue weighted by Gasteiger charge is 2.23. The molecule has 1 fully saturated rings. The van der Waals surface area contributed by atoms with Crippen molar-refractivity contribution in [3.63, 3.8) is 0 Å². The molecule has 0 aromatic heterocycles. The molecule has 0 spiro atoms. The lowest BCUT2D eigenvalue weighted by Gasteiger charge is -2.30. The summed E-state index contributed by atoms with van der Waals surface area (Å²) < 4.78 is 0. The fourth-order valence-corrected chi connectivity index (χ4v) is 3.67. The summed E-state index contributed by atoms with van der Waals surface area (Å²) in [5, 5.41) is 2.87. The Labute approximate surface area is 176 Å². The highest BCUT2D eigenvalue weighted by Crippen LogP contribution is 2.20. The van der Waals surface area contributed by atoms with Crippen LogP contribution in [-0.4, -0.2) is 54.2 Å². The number of hydrogen-bond acceptors (Lipinski definition) is 4. The molecule has 3 amide bonds. The molecule has 0 atom stereocenters. The van der Waals surface area contributed by atoms with Gasteiger partial charge in [0.2, 0.25) is 11.8 Å². The molecule has 1 aliphatic heterocycles. The second kappa shape index (κ2) is 10.0. The van der Waals surface area contributed by atoms with Crippen molar-refractivity contribution in [1.29, 1.82) is 0 Å². The van der Waals surface area contributed by atoms with Crippen LogP contribution in [0.3, 0.4) is 0 Å². The predicted octanol–water partition coefficient (Wildman–Crippen LogP) is 2.09. The molecule has 3 N–H and O–H groups in total. The molecule has 2 aromatic rings. The highest BCUT2D eigenvalue weighted by atomic mass is 16.2. The number of likely N-dealkylation sites (N-methyl/N-ethyl adjacent to an activating group) is 1. The zero-order chi connectivity index (χ0) is 21.5. The van der Waals surface area contributed by atoms with Crippen LogP contribution < -0.4 is 11.1 Å². The van der Waals surface area contributed by atoms with Gasteiger partial charge in [-0.15, -0.1) is 0 Å². The summed E-state index contributed by atoms with van der Waals surface area (Å²) in [6, 6.07) is 16.6. The minimum absolute atomic E-state index is 0.0255. The van der Waals surface area contributed by atoms with E-state index in [1.807, 2.05) is 30.3 Å². The van der Waals surface area contributed by atoms with Crippen molar-refractivity contribution in [3.05, 3.63) is 65.7 Å². The van der Waals surface area contributed by atoms with E-state index in [0.29, 0.717) is 11.3 Å². The summed E-state index contributed by atoms with van der Waals surface area (Å²) in [7, 11) is 1.61. The predicted molar refractivity (Wildman–Crippen MR) is 116 cm³/mol. The van der Waals surface area contributed by atoms with Gasteiger partial charge >= 0.3 is 0 Å². The number of primary amides is 1. The first-order chi connectivity index (χ1) is 14.4. The van der Waals surface area contributed by atoms with Gasteiger partial charge in [0.25, 0.3) is 5.91 Å². The summed E-state index contributed by atoms with van der Waals surface area (Å²) in [4.78, 5) is 39.8. The maximum absolute atomic E-state index is 12.4. The van der Waals surface area contributed by atoms with E-state index in [4.69, 9.17) is 5.73 Å². The van der Waals surface area contributed by atoms with Crippen LogP contribution in [0.25, 0.3) is 0 Å². The number of nitrogens with one attached hydrogen (secondary N) is 1. The molecule has 0 aliphatic carbocycles. The van der Waals surface area contributed by atoms with Crippen molar-refractivity contribution in [1.82, 2.24) is 9.80 Å². The van der Waals surface area contributed by atoms with Crippen molar-refractivity contribution in [3.8, 4) is 0 Å². The monoisotopic (exact) mass is 408 g/mol. The molecule has 7 heteroatoms. The first kappa shape index (κ1) is 21.5. The number of benzene rings is 2. The summed E-state index contributed by atoms with van der Waals surface area (Å²) >= 11 is 0. The van der Waals surface area contributed by atoms with E-state index >= 15 is 0 Å². The van der Waals surface area contributed by atoms with Gasteiger partial charge in [-0.2, -0.15) is 0 Å². The van der Waals surface area contributed by atoms with Gasteiger partial charge in [-0.25, -0.2) is 0 Å². The molecule has 0 saturated carbocycles. The van der Waals surface area contributed by atoms with Gasteiger partial charge in [0.15, 0.2) is 0 Å². The van der Waals surface area contributed by atoms with E-state index in [0.717, 1.165) is 38.0 Å². The van der Waals surface area contributed by atoms with Gasteiger partial charge in [0.1, 0.15) is 0 Å². The average Bonchev–Trinajstić information content (AvgIpc) is 2.74. The Kier molecular flexibility index (Phi) is 7.19. The summed E-state index contributed by atoms with van der Waals surface area (Å²) in [6.45, 7) is 2.38. The van der Waals surface area contributed by atoms with Gasteiger partial charge in [0, 0.05) is 30.8 Å². The minimum atomic E-state index is -0.249. The minimum Gasteiger partial charge on any atom is -0.369 e. The largest absolute Gasteiger partial charge is 0.369 e. The number of hydrogen-bond donors (Lipinski definition) is 2. The molecule has 30 heavy (non-hydrogen) atoms. The Balaban J connectivity index is 1.51. The van der Waals surface area contributed by atoms with Gasteiger partial charge < -0.3 is 16.0 Å². The number of amides is 3. The van der Waals surface area contributed by atoms with Crippen molar-refractivity contribution in [2.24, 2.45) is 11.7 Å². The van der Waals surface area contributed by atoms with Crippen molar-refractivity contribution < 1.29 is 14.4 Å². The normalized spacial score (nSPS) is 14.8. The van der Waals surface area contributed by atoms with Gasteiger partial charge in [0.05, 0.1) is 6.54 Å². The fraction of sp³-hybridized carbons (Fsp3) is 0.348. The number of piperidine rings is 1. The first-order valence-electron chi connectivity index (χ1n) is 10.1. The number of carbonyl (C=O) groups is 3. The number of carbonyl (C=O) groups excluding carboxylic acids is 3. The first-order valence-corrected chi connectivity index (χ1v) is 10.1. The van der Waals surface area contributed by atoms with Crippen molar-refractivity contribution in [2.75, 3.05) is 32.0 Å². The van der Waals surface area contributed by atoms with Crippen LogP contribution in [0.5, 0.6) is 0 Å². The van der Waals surface area contributed by atoms with Gasteiger partial charge in [-0.05, 0) is 55.8 Å². The van der Waals surface area contributed by atoms with Crippen LogP contribution in [0.1, 0.15) is 28.8 Å². The highest BCUT2D eigenvalue weighted by molar-refractivity contribution is 5.99. The molecule has 0 unspecified atom stereocenters. The fourth-order valence-electron chi connectivity index (χ4n) is 3.67. The third kappa shape index (κ3) is 5.90. The number of likely N-dealkylation sites (tertiary alicyclic amines) is 1. The van der Waals surface area contributed by atoms with Crippen LogP contribution in [0.4, 0.5) is 5.69 Å². The molecule has 0 bridgehead atoms. The molecule has 7 nitrogen and oxygen atoms in total. The molecule has 3 rings (SSSR count). The SMILES string of the molecule is CN(CC(=O)Nc1cccc(CN2CCC(C(N)=O)CC2)c1)C(=O)c1ccccc1. The standard InChI is InChI=1S/C23H28N4O3/c1-26(23(30)19-7-3-2-4-8-19)16-21(28)25-20-9-5-6-17(14-20)15-27-12-10-18(11-13-27)22(24)29/h2-9,14,18H,10-13,15-16H2,1H3,(H2,24,29)(H,25,28). The quantitative estimate of drug-likeness (QED) is 0.733. The summed E-state index contributed by atoms with van der Waals surface area (Å²) in [6.07, 6.45) is 1.57. The van der Waals surface area contributed by atoms with E-state index in [9.17, 15) is 14.4 Å². The van der Waals surface area contributed by atoms with Crippen LogP contribution in [0, 0.1) is 5.92 Å². The van der Waals surface area contributed by atoms with Gasteiger partial charge in [-0.3, -0.25) is 19.3 Å². The molecule has 1 saturated heterocycles. The summed E-state index contributed by atoms with van der Waals surface area (Å²) in [5.41, 5.74) is 7.73. The second-order valence-electron chi connectivity index (χ2n) is 7.73. The lowest BCUT2D eigenvalue weighted by Crippen LogP contribution is -2.38. The molecule has 158 valence electrons. The van der Waals surface area contributed by atoms with Crippen molar-refractivity contribution in [2.45, 2.75) is 19.4 Å².